The second-order valence-corrected chi connectivity index (χ2v) is 3.36. The summed E-state index contributed by atoms with van der Waals surface area (Å²) in [6.07, 6.45) is 0.960. The molecule has 0 spiro atoms. The van der Waals surface area contributed by atoms with Gasteiger partial charge in [-0.3, -0.25) is 0 Å². The first-order valence-corrected chi connectivity index (χ1v) is 4.55. The van der Waals surface area contributed by atoms with Crippen molar-refractivity contribution in [1.29, 1.82) is 0 Å². The van der Waals surface area contributed by atoms with Gasteiger partial charge in [-0.05, 0) is 12.0 Å². The highest BCUT2D eigenvalue weighted by molar-refractivity contribution is 5.60. The molecule has 70 valence electrons. The first-order valence-electron chi connectivity index (χ1n) is 4.55. The van der Waals surface area contributed by atoms with E-state index in [0.29, 0.717) is 0 Å². The van der Waals surface area contributed by atoms with Crippen molar-refractivity contribution in [2.45, 2.75) is 19.1 Å². The Morgan fingerprint density at radius 2 is 2.38 bits per heavy atom. The second-order valence-electron chi connectivity index (χ2n) is 3.36. The zero-order valence-electron chi connectivity index (χ0n) is 7.46. The van der Waals surface area contributed by atoms with E-state index >= 15 is 0 Å². The molecular formula is C10H14N2O. The van der Waals surface area contributed by atoms with Gasteiger partial charge in [0.25, 0.3) is 0 Å². The highest BCUT2D eigenvalue weighted by Crippen LogP contribution is 2.30. The van der Waals surface area contributed by atoms with Crippen molar-refractivity contribution in [3.05, 3.63) is 29.3 Å². The number of hydrogen-bond acceptors (Lipinski definition) is 3. The Bertz CT molecular complexity index is 312. The SMILES string of the molecule is N[C@H]1CCNc2c(CO)cccc21. The van der Waals surface area contributed by atoms with Crippen LogP contribution in [-0.2, 0) is 6.61 Å². The maximum atomic E-state index is 9.10. The van der Waals surface area contributed by atoms with Crippen molar-refractivity contribution in [1.82, 2.24) is 0 Å². The fourth-order valence-electron chi connectivity index (χ4n) is 1.78. The van der Waals surface area contributed by atoms with E-state index in [1.165, 1.54) is 0 Å². The highest BCUT2D eigenvalue weighted by Gasteiger charge is 2.17. The molecule has 0 saturated carbocycles. The minimum absolute atomic E-state index is 0.0723. The molecule has 1 aromatic carbocycles. The normalized spacial score (nSPS) is 20.6. The van der Waals surface area contributed by atoms with E-state index in [9.17, 15) is 0 Å². The average Bonchev–Trinajstić information content (AvgIpc) is 2.18. The van der Waals surface area contributed by atoms with Gasteiger partial charge in [0.1, 0.15) is 0 Å². The first-order chi connectivity index (χ1) is 6.33. The van der Waals surface area contributed by atoms with E-state index in [-0.39, 0.29) is 12.6 Å². The number of aliphatic hydroxyl groups excluding tert-OH is 1. The average molecular weight is 178 g/mol. The van der Waals surface area contributed by atoms with Crippen LogP contribution in [-0.4, -0.2) is 11.7 Å². The van der Waals surface area contributed by atoms with Crippen LogP contribution in [0.1, 0.15) is 23.6 Å². The van der Waals surface area contributed by atoms with E-state index in [0.717, 1.165) is 29.8 Å². The number of benzene rings is 1. The largest absolute Gasteiger partial charge is 0.392 e. The lowest BCUT2D eigenvalue weighted by molar-refractivity contribution is 0.282. The fourth-order valence-corrected chi connectivity index (χ4v) is 1.78. The number of nitrogens with one attached hydrogen (secondary N) is 1. The van der Waals surface area contributed by atoms with E-state index in [4.69, 9.17) is 10.8 Å². The van der Waals surface area contributed by atoms with Crippen LogP contribution in [0, 0.1) is 0 Å². The predicted octanol–water partition coefficient (Wildman–Crippen LogP) is 0.994. The van der Waals surface area contributed by atoms with E-state index in [1.807, 2.05) is 18.2 Å². The molecule has 0 aliphatic carbocycles. The van der Waals surface area contributed by atoms with Crippen LogP contribution in [0.2, 0.25) is 0 Å². The summed E-state index contributed by atoms with van der Waals surface area (Å²) in [5.41, 5.74) is 9.04. The van der Waals surface area contributed by atoms with Gasteiger partial charge in [-0.25, -0.2) is 0 Å². The van der Waals surface area contributed by atoms with Crippen molar-refractivity contribution in [2.24, 2.45) is 5.73 Å². The van der Waals surface area contributed by atoms with Crippen LogP contribution in [0.25, 0.3) is 0 Å². The molecule has 1 atom stereocenters. The smallest absolute Gasteiger partial charge is 0.0702 e. The van der Waals surface area contributed by atoms with Gasteiger partial charge in [-0.1, -0.05) is 18.2 Å². The van der Waals surface area contributed by atoms with Crippen LogP contribution >= 0.6 is 0 Å². The molecule has 1 aromatic rings. The van der Waals surface area contributed by atoms with Crippen LogP contribution < -0.4 is 11.1 Å². The molecule has 1 heterocycles. The summed E-state index contributed by atoms with van der Waals surface area (Å²) in [7, 11) is 0. The van der Waals surface area contributed by atoms with Gasteiger partial charge in [0, 0.05) is 23.8 Å². The summed E-state index contributed by atoms with van der Waals surface area (Å²) < 4.78 is 0. The van der Waals surface area contributed by atoms with Gasteiger partial charge >= 0.3 is 0 Å². The molecule has 3 heteroatoms. The summed E-state index contributed by atoms with van der Waals surface area (Å²) in [4.78, 5) is 0. The van der Waals surface area contributed by atoms with Crippen LogP contribution in [0.15, 0.2) is 18.2 Å². The van der Waals surface area contributed by atoms with Crippen molar-refractivity contribution in [3.8, 4) is 0 Å². The van der Waals surface area contributed by atoms with Crippen molar-refractivity contribution in [3.63, 3.8) is 0 Å². The molecule has 0 bridgehead atoms. The molecule has 4 N–H and O–H groups in total. The lowest BCUT2D eigenvalue weighted by atomic mass is 9.96. The summed E-state index contributed by atoms with van der Waals surface area (Å²) >= 11 is 0. The van der Waals surface area contributed by atoms with Crippen molar-refractivity contribution in [2.75, 3.05) is 11.9 Å². The van der Waals surface area contributed by atoms with Gasteiger partial charge in [0.15, 0.2) is 0 Å². The lowest BCUT2D eigenvalue weighted by Gasteiger charge is -2.25. The number of para-hydroxylation sites is 1. The summed E-state index contributed by atoms with van der Waals surface area (Å²) in [5, 5.41) is 12.4. The molecule has 1 aliphatic heterocycles. The number of anilines is 1. The Kier molecular flexibility index (Phi) is 2.20. The Balaban J connectivity index is 2.48. The molecule has 0 amide bonds. The van der Waals surface area contributed by atoms with Crippen molar-refractivity contribution < 1.29 is 5.11 Å². The number of aliphatic hydroxyl groups is 1. The monoisotopic (exact) mass is 178 g/mol. The van der Waals surface area contributed by atoms with E-state index < -0.39 is 0 Å². The van der Waals surface area contributed by atoms with Crippen LogP contribution in [0.4, 0.5) is 5.69 Å². The van der Waals surface area contributed by atoms with Crippen LogP contribution in [0.3, 0.4) is 0 Å². The fraction of sp³-hybridized carbons (Fsp3) is 0.400. The molecular weight excluding hydrogens is 164 g/mol. The van der Waals surface area contributed by atoms with Gasteiger partial charge in [0.2, 0.25) is 0 Å². The number of hydrogen-bond donors (Lipinski definition) is 3. The Morgan fingerprint density at radius 1 is 1.54 bits per heavy atom. The molecule has 0 radical (unpaired) electrons. The molecule has 0 fully saturated rings. The first kappa shape index (κ1) is 8.53. The number of rotatable bonds is 1. The predicted molar refractivity (Wildman–Crippen MR) is 52.4 cm³/mol. The van der Waals surface area contributed by atoms with Gasteiger partial charge in [-0.2, -0.15) is 0 Å². The van der Waals surface area contributed by atoms with Crippen LogP contribution in [0.5, 0.6) is 0 Å². The Morgan fingerprint density at radius 3 is 3.15 bits per heavy atom. The molecule has 0 saturated heterocycles. The quantitative estimate of drug-likeness (QED) is 0.601. The molecule has 2 rings (SSSR count). The Labute approximate surface area is 77.6 Å². The number of nitrogens with two attached hydrogens (primary N) is 1. The van der Waals surface area contributed by atoms with Gasteiger partial charge in [0.05, 0.1) is 6.61 Å². The maximum Gasteiger partial charge on any atom is 0.0702 e. The number of fused-ring (bicyclic) bond motifs is 1. The highest BCUT2D eigenvalue weighted by atomic mass is 16.3. The minimum atomic E-state index is 0.0723. The van der Waals surface area contributed by atoms with E-state index in [1.54, 1.807) is 0 Å². The molecule has 0 aromatic heterocycles. The Hall–Kier alpha value is -1.06. The third-order valence-corrected chi connectivity index (χ3v) is 2.51. The molecule has 1 aliphatic rings. The third-order valence-electron chi connectivity index (χ3n) is 2.51. The van der Waals surface area contributed by atoms with Crippen molar-refractivity contribution >= 4 is 5.69 Å². The zero-order chi connectivity index (χ0) is 9.26. The lowest BCUT2D eigenvalue weighted by Crippen LogP contribution is -2.23. The summed E-state index contributed by atoms with van der Waals surface area (Å²) in [6.45, 7) is 0.966. The minimum Gasteiger partial charge on any atom is -0.392 e. The second kappa shape index (κ2) is 3.36. The van der Waals surface area contributed by atoms with Gasteiger partial charge < -0.3 is 16.2 Å². The standard InChI is InChI=1S/C10H14N2O/c11-9-4-5-12-10-7(6-13)2-1-3-8(9)10/h1-3,9,12-13H,4-6,11H2/t9-/m0/s1. The molecule has 3 nitrogen and oxygen atoms in total. The maximum absolute atomic E-state index is 9.10. The summed E-state index contributed by atoms with van der Waals surface area (Å²) in [5.74, 6) is 0. The third kappa shape index (κ3) is 1.41. The topological polar surface area (TPSA) is 58.3 Å². The molecule has 13 heavy (non-hydrogen) atoms. The molecule has 0 unspecified atom stereocenters. The summed E-state index contributed by atoms with van der Waals surface area (Å²) in [6, 6.07) is 6.00. The zero-order valence-corrected chi connectivity index (χ0v) is 7.46. The van der Waals surface area contributed by atoms with E-state index in [2.05, 4.69) is 5.32 Å². The van der Waals surface area contributed by atoms with Gasteiger partial charge in [-0.15, -0.1) is 0 Å².